The van der Waals surface area contributed by atoms with Crippen molar-refractivity contribution in [1.82, 2.24) is 9.97 Å². The second-order valence-electron chi connectivity index (χ2n) is 9.17. The second kappa shape index (κ2) is 17.3. The van der Waals surface area contributed by atoms with Crippen LogP contribution in [0.1, 0.15) is 11.1 Å². The Bertz CT molecular complexity index is 1000. The summed E-state index contributed by atoms with van der Waals surface area (Å²) in [5.74, 6) is 0.787. The molecule has 10 atom stereocenters. The maximum absolute atomic E-state index is 10.3. The molecule has 41 heavy (non-hydrogen) atoms. The molecule has 0 bridgehead atoms. The Balaban J connectivity index is 0.00000147. The molecule has 232 valence electrons. The molecule has 0 aromatic carbocycles. The standard InChI is InChI=1S/C24H32N2O10S2.2ClH.Ru/c27-7-15-17(29)19(31)21(33)23(35-15)37-9-11-1-3-25-13(5-11)14-6-12(2-4-26-14)10-38-24-22(34)20(32)18(30)16(8-28)36-24;;;/h1-6,15-24,27-34H,7-10H2;2*1H;/q;;;+2/p-2/t15-,16-,17-,18-,19+,20+,21+,22+,23-,24-;;;/m1.../s1. The minimum absolute atomic E-state index is 0.346. The monoisotopic (exact) mass is 744 g/mol. The first-order valence-corrected chi connectivity index (χ1v) is 18.8. The van der Waals surface area contributed by atoms with E-state index in [1.165, 1.54) is 23.5 Å². The average Bonchev–Trinajstić information content (AvgIpc) is 2.99. The van der Waals surface area contributed by atoms with Gasteiger partial charge < -0.3 is 50.3 Å². The fraction of sp³-hybridized carbons (Fsp3) is 0.583. The number of rotatable bonds is 9. The summed E-state index contributed by atoms with van der Waals surface area (Å²) in [6.45, 7) is -0.976. The molecule has 0 amide bonds. The molecular formula is C24H32Cl2N2O10RuS2. The van der Waals surface area contributed by atoms with Gasteiger partial charge in [0.1, 0.15) is 59.7 Å². The van der Waals surface area contributed by atoms with Gasteiger partial charge in [-0.05, 0) is 35.4 Å². The van der Waals surface area contributed by atoms with Crippen molar-refractivity contribution in [3.63, 3.8) is 0 Å². The number of thioether (sulfide) groups is 2. The van der Waals surface area contributed by atoms with E-state index in [1.54, 1.807) is 24.5 Å². The van der Waals surface area contributed by atoms with Crippen LogP contribution in [-0.4, -0.2) is 124 Å². The van der Waals surface area contributed by atoms with E-state index in [4.69, 9.17) is 28.9 Å². The van der Waals surface area contributed by atoms with E-state index in [1.807, 2.05) is 12.1 Å². The van der Waals surface area contributed by atoms with E-state index in [9.17, 15) is 40.9 Å². The van der Waals surface area contributed by atoms with Crippen LogP contribution >= 0.6 is 42.9 Å². The molecular weight excluding hydrogens is 712 g/mol. The van der Waals surface area contributed by atoms with Crippen LogP contribution in [0.25, 0.3) is 11.4 Å². The summed E-state index contributed by atoms with van der Waals surface area (Å²) in [5.41, 5.74) is 1.19. The molecule has 4 heterocycles. The van der Waals surface area contributed by atoms with Gasteiger partial charge in [0.05, 0.1) is 24.6 Å². The number of aromatic nitrogens is 2. The number of pyridine rings is 2. The number of aliphatic hydroxyl groups excluding tert-OH is 8. The normalized spacial score (nSPS) is 33.7. The van der Waals surface area contributed by atoms with E-state index in [0.717, 1.165) is 11.1 Å². The van der Waals surface area contributed by atoms with Crippen molar-refractivity contribution in [2.75, 3.05) is 13.2 Å². The van der Waals surface area contributed by atoms with Crippen molar-refractivity contribution in [2.45, 2.75) is 71.2 Å². The Morgan fingerprint density at radius 3 is 1.37 bits per heavy atom. The Kier molecular flexibility index (Phi) is 14.9. The number of ether oxygens (including phenoxy) is 2. The SMILES string of the molecule is OC[C@H]1O[C@H](SCc2ccnc(-c3cc(CS[C@H]4O[C@H](CO)[C@@H](O)[C@H](O)[C@@H]4O)ccn3)c2)[C@@H](O)[C@@H](O)[C@@H]1O.[Cl][Ru][Cl]. The molecule has 0 unspecified atom stereocenters. The van der Waals surface area contributed by atoms with Crippen LogP contribution in [0, 0.1) is 0 Å². The molecule has 2 aliphatic heterocycles. The topological polar surface area (TPSA) is 206 Å². The zero-order valence-electron chi connectivity index (χ0n) is 21.3. The molecule has 0 aliphatic carbocycles. The van der Waals surface area contributed by atoms with Crippen LogP contribution in [0.5, 0.6) is 0 Å². The summed E-state index contributed by atoms with van der Waals surface area (Å²) < 4.78 is 11.1. The predicted molar refractivity (Wildman–Crippen MR) is 149 cm³/mol. The maximum atomic E-state index is 10.3. The number of halogens is 2. The fourth-order valence-electron chi connectivity index (χ4n) is 4.18. The van der Waals surface area contributed by atoms with Gasteiger partial charge in [-0.25, -0.2) is 0 Å². The summed E-state index contributed by atoms with van der Waals surface area (Å²) >= 11 is 2.09. The van der Waals surface area contributed by atoms with Crippen molar-refractivity contribution in [2.24, 2.45) is 0 Å². The third kappa shape index (κ3) is 9.40. The van der Waals surface area contributed by atoms with Gasteiger partial charge in [0, 0.05) is 23.9 Å². The van der Waals surface area contributed by atoms with Crippen molar-refractivity contribution in [1.29, 1.82) is 0 Å². The van der Waals surface area contributed by atoms with Crippen molar-refractivity contribution < 1.29 is 65.5 Å². The summed E-state index contributed by atoms with van der Waals surface area (Å²) in [6, 6.07) is 7.24. The van der Waals surface area contributed by atoms with Crippen LogP contribution < -0.4 is 0 Å². The molecule has 0 radical (unpaired) electrons. The van der Waals surface area contributed by atoms with Gasteiger partial charge in [-0.15, -0.1) is 23.5 Å². The van der Waals surface area contributed by atoms with E-state index in [2.05, 4.69) is 9.97 Å². The molecule has 4 rings (SSSR count). The van der Waals surface area contributed by atoms with E-state index in [-0.39, 0.29) is 15.1 Å². The quantitative estimate of drug-likeness (QED) is 0.154. The van der Waals surface area contributed by atoms with E-state index < -0.39 is 72.9 Å². The molecule has 0 saturated carbocycles. The van der Waals surface area contributed by atoms with Gasteiger partial charge in [0.25, 0.3) is 0 Å². The summed E-state index contributed by atoms with van der Waals surface area (Å²) in [4.78, 5) is 8.78. The van der Waals surface area contributed by atoms with Gasteiger partial charge in [-0.3, -0.25) is 9.97 Å². The van der Waals surface area contributed by atoms with E-state index in [0.29, 0.717) is 22.9 Å². The van der Waals surface area contributed by atoms with Crippen LogP contribution in [-0.2, 0) is 36.1 Å². The van der Waals surface area contributed by atoms with Gasteiger partial charge in [-0.2, -0.15) is 0 Å². The van der Waals surface area contributed by atoms with Crippen molar-refractivity contribution >= 4 is 42.9 Å². The Morgan fingerprint density at radius 2 is 1.02 bits per heavy atom. The molecule has 12 nitrogen and oxygen atoms in total. The molecule has 8 N–H and O–H groups in total. The summed E-state index contributed by atoms with van der Waals surface area (Å²) in [6.07, 6.45) is -7.01. The zero-order chi connectivity index (χ0) is 30.1. The first-order chi connectivity index (χ1) is 19.6. The summed E-state index contributed by atoms with van der Waals surface area (Å²) in [7, 11) is 9.71. The van der Waals surface area contributed by atoms with E-state index >= 15 is 0 Å². The molecule has 17 heteroatoms. The fourth-order valence-corrected chi connectivity index (χ4v) is 6.41. The molecule has 2 fully saturated rings. The zero-order valence-corrected chi connectivity index (χ0v) is 26.2. The molecule has 2 aromatic rings. The van der Waals surface area contributed by atoms with Crippen molar-refractivity contribution in [3.8, 4) is 11.4 Å². The van der Waals surface area contributed by atoms with Crippen LogP contribution in [0.4, 0.5) is 0 Å². The minimum atomic E-state index is -1.43. The van der Waals surface area contributed by atoms with Gasteiger partial charge >= 0.3 is 34.5 Å². The van der Waals surface area contributed by atoms with Gasteiger partial charge in [0.15, 0.2) is 0 Å². The van der Waals surface area contributed by atoms with Crippen LogP contribution in [0.2, 0.25) is 0 Å². The number of hydrogen-bond acceptors (Lipinski definition) is 14. The molecule has 0 spiro atoms. The van der Waals surface area contributed by atoms with Crippen LogP contribution in [0.15, 0.2) is 36.7 Å². The third-order valence-corrected chi connectivity index (χ3v) is 8.87. The Labute approximate surface area is 260 Å². The van der Waals surface area contributed by atoms with Crippen LogP contribution in [0.3, 0.4) is 0 Å². The number of hydrogen-bond donors (Lipinski definition) is 8. The first kappa shape index (κ1) is 35.3. The number of nitrogens with zero attached hydrogens (tertiary/aromatic N) is 2. The van der Waals surface area contributed by atoms with Crippen molar-refractivity contribution in [3.05, 3.63) is 47.8 Å². The second-order valence-corrected chi connectivity index (χ2v) is 14.0. The van der Waals surface area contributed by atoms with Gasteiger partial charge in [0.2, 0.25) is 0 Å². The molecule has 2 saturated heterocycles. The van der Waals surface area contributed by atoms with Gasteiger partial charge in [-0.1, -0.05) is 0 Å². The Morgan fingerprint density at radius 1 is 0.659 bits per heavy atom. The third-order valence-electron chi connectivity index (χ3n) is 6.44. The average molecular weight is 745 g/mol. The summed E-state index contributed by atoms with van der Waals surface area (Å²) in [5, 5.41) is 79.1. The predicted octanol–water partition coefficient (Wildman–Crippen LogP) is -0.414. The Hall–Kier alpha value is -0.197. The molecule has 2 aromatic heterocycles. The first-order valence-electron chi connectivity index (χ1n) is 12.2. The molecule has 2 aliphatic rings. The number of aliphatic hydroxyl groups is 8.